The Bertz CT molecular complexity index is 841. The van der Waals surface area contributed by atoms with E-state index in [9.17, 15) is 9.90 Å². The van der Waals surface area contributed by atoms with Gasteiger partial charge in [-0.1, -0.05) is 13.0 Å². The van der Waals surface area contributed by atoms with Crippen LogP contribution in [0.1, 0.15) is 54.6 Å². The Morgan fingerprint density at radius 1 is 1.27 bits per heavy atom. The van der Waals surface area contributed by atoms with Gasteiger partial charge in [0.2, 0.25) is 0 Å². The van der Waals surface area contributed by atoms with Crippen LogP contribution in [0.25, 0.3) is 0 Å². The Morgan fingerprint density at radius 3 is 2.65 bits per heavy atom. The van der Waals surface area contributed by atoms with Crippen molar-refractivity contribution >= 4 is 17.8 Å². The molecule has 0 aromatic heterocycles. The second-order valence-electron chi connectivity index (χ2n) is 7.54. The maximum absolute atomic E-state index is 12.0. The summed E-state index contributed by atoms with van der Waals surface area (Å²) in [6.07, 6.45) is 2.75. The zero-order valence-electron chi connectivity index (χ0n) is 15.7. The molecule has 0 aliphatic carbocycles. The normalized spacial score (nSPS) is 18.6. The lowest BCUT2D eigenvalue weighted by molar-refractivity contribution is 0.0955. The highest BCUT2D eigenvalue weighted by Gasteiger charge is 2.33. The fourth-order valence-electron chi connectivity index (χ4n) is 3.52. The fourth-order valence-corrected chi connectivity index (χ4v) is 3.52. The first-order valence-electron chi connectivity index (χ1n) is 8.78. The van der Waals surface area contributed by atoms with Crippen LogP contribution in [0.15, 0.2) is 47.6 Å². The van der Waals surface area contributed by atoms with E-state index in [1.165, 1.54) is 23.4 Å². The second-order valence-corrected chi connectivity index (χ2v) is 7.54. The minimum absolute atomic E-state index is 0.126. The van der Waals surface area contributed by atoms with Crippen LogP contribution >= 0.6 is 0 Å². The number of hydrogen-bond donors (Lipinski definition) is 2. The van der Waals surface area contributed by atoms with E-state index in [0.717, 1.165) is 12.0 Å². The average Bonchev–Trinajstić information content (AvgIpc) is 2.60. The molecule has 1 aliphatic heterocycles. The fraction of sp³-hybridized carbons (Fsp3) is 0.333. The van der Waals surface area contributed by atoms with Gasteiger partial charge in [0.05, 0.1) is 6.21 Å². The summed E-state index contributed by atoms with van der Waals surface area (Å²) in [6.45, 7) is 6.78. The summed E-state index contributed by atoms with van der Waals surface area (Å²) in [5.74, 6) is 0.284. The predicted molar refractivity (Wildman–Crippen MR) is 105 cm³/mol. The number of amides is 1. The summed E-state index contributed by atoms with van der Waals surface area (Å²) in [6, 6.07) is 12.3. The smallest absolute Gasteiger partial charge is 0.271 e. The van der Waals surface area contributed by atoms with Crippen LogP contribution in [0, 0.1) is 0 Å². The van der Waals surface area contributed by atoms with E-state index in [4.69, 9.17) is 0 Å². The van der Waals surface area contributed by atoms with Gasteiger partial charge in [-0.05, 0) is 73.7 Å². The average molecular weight is 351 g/mol. The van der Waals surface area contributed by atoms with Crippen LogP contribution in [-0.2, 0) is 0 Å². The first kappa shape index (κ1) is 18.0. The maximum atomic E-state index is 12.0. The molecule has 0 saturated heterocycles. The minimum atomic E-state index is -0.311. The number of carbonyl (C=O) groups is 1. The van der Waals surface area contributed by atoms with Gasteiger partial charge in [0.15, 0.2) is 0 Å². The van der Waals surface area contributed by atoms with Crippen molar-refractivity contribution in [3.8, 4) is 5.75 Å². The van der Waals surface area contributed by atoms with Gasteiger partial charge in [-0.25, -0.2) is 5.43 Å². The lowest BCUT2D eigenvalue weighted by atomic mass is 9.80. The quantitative estimate of drug-likeness (QED) is 0.651. The van der Waals surface area contributed by atoms with E-state index < -0.39 is 0 Å². The standard InChI is InChI=1S/C21H25N3O2/c1-14-12-21(2,3)24(4)19-10-5-15(11-18(14)19)13-22-23-20(26)16-6-8-17(25)9-7-16/h5-11,13-14,25H,12H2,1-4H3,(H,23,26)/b22-13-/t14-/m0/s1. The van der Waals surface area contributed by atoms with E-state index in [2.05, 4.69) is 55.4 Å². The number of aromatic hydroxyl groups is 1. The van der Waals surface area contributed by atoms with Crippen molar-refractivity contribution in [1.29, 1.82) is 0 Å². The highest BCUT2D eigenvalue weighted by molar-refractivity contribution is 5.95. The number of benzene rings is 2. The summed E-state index contributed by atoms with van der Waals surface area (Å²) in [5.41, 5.74) is 6.61. The van der Waals surface area contributed by atoms with Crippen molar-refractivity contribution in [3.05, 3.63) is 59.2 Å². The monoisotopic (exact) mass is 351 g/mol. The van der Waals surface area contributed by atoms with Crippen molar-refractivity contribution in [2.75, 3.05) is 11.9 Å². The van der Waals surface area contributed by atoms with E-state index in [0.29, 0.717) is 11.5 Å². The van der Waals surface area contributed by atoms with Gasteiger partial charge in [-0.3, -0.25) is 4.79 Å². The van der Waals surface area contributed by atoms with Gasteiger partial charge in [0.1, 0.15) is 5.75 Å². The van der Waals surface area contributed by atoms with Crippen LogP contribution < -0.4 is 10.3 Å². The molecule has 2 aromatic carbocycles. The molecule has 1 atom stereocenters. The molecule has 136 valence electrons. The van der Waals surface area contributed by atoms with E-state index in [1.807, 2.05) is 6.07 Å². The molecule has 2 N–H and O–H groups in total. The van der Waals surface area contributed by atoms with Gasteiger partial charge < -0.3 is 10.0 Å². The molecule has 3 rings (SSSR count). The number of phenols is 1. The van der Waals surface area contributed by atoms with E-state index in [1.54, 1.807) is 18.3 Å². The topological polar surface area (TPSA) is 64.9 Å². The molecular formula is C21H25N3O2. The third kappa shape index (κ3) is 3.57. The minimum Gasteiger partial charge on any atom is -0.508 e. The van der Waals surface area contributed by atoms with E-state index >= 15 is 0 Å². The second kappa shape index (κ2) is 6.83. The molecule has 1 aliphatic rings. The molecule has 0 saturated carbocycles. The number of hydrogen-bond acceptors (Lipinski definition) is 4. The Labute approximate surface area is 154 Å². The maximum Gasteiger partial charge on any atom is 0.271 e. The number of hydrazone groups is 1. The predicted octanol–water partition coefficient (Wildman–Crippen LogP) is 3.88. The van der Waals surface area contributed by atoms with Crippen LogP contribution in [-0.4, -0.2) is 29.8 Å². The first-order chi connectivity index (χ1) is 12.3. The van der Waals surface area contributed by atoms with Gasteiger partial charge in [0.25, 0.3) is 5.91 Å². The molecule has 0 fully saturated rings. The molecule has 26 heavy (non-hydrogen) atoms. The lowest BCUT2D eigenvalue weighted by Gasteiger charge is -2.45. The van der Waals surface area contributed by atoms with Crippen molar-refractivity contribution in [1.82, 2.24) is 5.43 Å². The Balaban J connectivity index is 1.73. The number of nitrogens with one attached hydrogen (secondary N) is 1. The summed E-state index contributed by atoms with van der Waals surface area (Å²) < 4.78 is 0. The third-order valence-corrected chi connectivity index (χ3v) is 5.17. The number of nitrogens with zero attached hydrogens (tertiary/aromatic N) is 2. The van der Waals surface area contributed by atoms with Gasteiger partial charge >= 0.3 is 0 Å². The van der Waals surface area contributed by atoms with Crippen molar-refractivity contribution in [2.24, 2.45) is 5.10 Å². The highest BCUT2D eigenvalue weighted by Crippen LogP contribution is 2.42. The Morgan fingerprint density at radius 2 is 1.96 bits per heavy atom. The van der Waals surface area contributed by atoms with Gasteiger partial charge in [-0.2, -0.15) is 5.10 Å². The van der Waals surface area contributed by atoms with Gasteiger partial charge in [-0.15, -0.1) is 0 Å². The molecular weight excluding hydrogens is 326 g/mol. The zero-order valence-corrected chi connectivity index (χ0v) is 15.7. The molecule has 1 amide bonds. The highest BCUT2D eigenvalue weighted by atomic mass is 16.3. The molecule has 0 bridgehead atoms. The van der Waals surface area contributed by atoms with E-state index in [-0.39, 0.29) is 17.2 Å². The largest absolute Gasteiger partial charge is 0.508 e. The number of carbonyl (C=O) groups excluding carboxylic acids is 1. The summed E-state index contributed by atoms with van der Waals surface area (Å²) >= 11 is 0. The van der Waals surface area contributed by atoms with Crippen molar-refractivity contribution in [3.63, 3.8) is 0 Å². The number of anilines is 1. The molecule has 1 heterocycles. The molecule has 0 spiro atoms. The number of phenolic OH excluding ortho intramolecular Hbond substituents is 1. The first-order valence-corrected chi connectivity index (χ1v) is 8.78. The van der Waals surface area contributed by atoms with Crippen LogP contribution in [0.3, 0.4) is 0 Å². The molecule has 0 unspecified atom stereocenters. The van der Waals surface area contributed by atoms with Crippen LogP contribution in [0.5, 0.6) is 5.75 Å². The Kier molecular flexibility index (Phi) is 4.72. The SMILES string of the molecule is C[C@H]1CC(C)(C)N(C)c2ccc(/C=N\NC(=O)c3ccc(O)cc3)cc21. The molecule has 5 nitrogen and oxygen atoms in total. The van der Waals surface area contributed by atoms with Crippen molar-refractivity contribution < 1.29 is 9.90 Å². The Hall–Kier alpha value is -2.82. The van der Waals surface area contributed by atoms with Gasteiger partial charge in [0, 0.05) is 23.8 Å². The summed E-state index contributed by atoms with van der Waals surface area (Å²) in [7, 11) is 2.14. The molecule has 0 radical (unpaired) electrons. The third-order valence-electron chi connectivity index (χ3n) is 5.17. The van der Waals surface area contributed by atoms with Crippen LogP contribution in [0.4, 0.5) is 5.69 Å². The number of rotatable bonds is 3. The summed E-state index contributed by atoms with van der Waals surface area (Å²) in [5, 5.41) is 13.3. The zero-order chi connectivity index (χ0) is 18.9. The molecule has 5 heteroatoms. The molecule has 2 aromatic rings. The van der Waals surface area contributed by atoms with Crippen LogP contribution in [0.2, 0.25) is 0 Å². The number of fused-ring (bicyclic) bond motifs is 1. The van der Waals surface area contributed by atoms with Crippen molar-refractivity contribution in [2.45, 2.75) is 38.6 Å². The summed E-state index contributed by atoms with van der Waals surface area (Å²) in [4.78, 5) is 14.4. The lowest BCUT2D eigenvalue weighted by Crippen LogP contribution is -2.45.